The first-order chi connectivity index (χ1) is 11.6. The maximum absolute atomic E-state index is 6.05. The molecule has 0 radical (unpaired) electrons. The van der Waals surface area contributed by atoms with E-state index < -0.39 is 0 Å². The zero-order chi connectivity index (χ0) is 17.4. The Bertz CT molecular complexity index is 532. The number of nitrogens with two attached hydrogens (primary N) is 1. The van der Waals surface area contributed by atoms with Gasteiger partial charge in [-0.1, -0.05) is 25.1 Å². The molecule has 1 saturated heterocycles. The summed E-state index contributed by atoms with van der Waals surface area (Å²) in [6, 6.07) is 7.98. The number of aliphatic imine (C=N–C) groups is 1. The molecule has 0 aromatic heterocycles. The summed E-state index contributed by atoms with van der Waals surface area (Å²) >= 11 is 0. The van der Waals surface area contributed by atoms with Gasteiger partial charge in [-0.05, 0) is 19.0 Å². The highest BCUT2D eigenvalue weighted by Gasteiger charge is 2.15. The lowest BCUT2D eigenvalue weighted by Crippen LogP contribution is -2.46. The Labute approximate surface area is 168 Å². The number of hydrogen-bond acceptors (Lipinski definition) is 4. The molecule has 0 amide bonds. The Hall–Kier alpha value is -0.900. The van der Waals surface area contributed by atoms with Crippen molar-refractivity contribution in [3.8, 4) is 0 Å². The first-order valence-corrected chi connectivity index (χ1v) is 8.63. The lowest BCUT2D eigenvalue weighted by Gasteiger charge is -2.33. The van der Waals surface area contributed by atoms with Crippen molar-refractivity contribution < 1.29 is 4.74 Å². The van der Waals surface area contributed by atoms with Gasteiger partial charge in [0.15, 0.2) is 5.96 Å². The number of rotatable bonds is 7. The van der Waals surface area contributed by atoms with Crippen molar-refractivity contribution in [2.45, 2.75) is 13.5 Å². The van der Waals surface area contributed by atoms with Crippen LogP contribution in [-0.4, -0.2) is 69.2 Å². The first-order valence-electron chi connectivity index (χ1n) is 8.63. The van der Waals surface area contributed by atoms with E-state index >= 15 is 0 Å². The van der Waals surface area contributed by atoms with Gasteiger partial charge in [-0.3, -0.25) is 4.99 Å². The predicted octanol–water partition coefficient (Wildman–Crippen LogP) is 2.06. The van der Waals surface area contributed by atoms with Crippen molar-refractivity contribution in [1.82, 2.24) is 9.80 Å². The summed E-state index contributed by atoms with van der Waals surface area (Å²) in [6.07, 6.45) is 0. The van der Waals surface area contributed by atoms with E-state index in [2.05, 4.69) is 34.1 Å². The van der Waals surface area contributed by atoms with Crippen LogP contribution in [0.3, 0.4) is 0 Å². The molecule has 0 aliphatic carbocycles. The quantitative estimate of drug-likeness (QED) is 0.370. The van der Waals surface area contributed by atoms with Gasteiger partial charge in [-0.25, -0.2) is 0 Å². The number of likely N-dealkylation sites (N-methyl/N-ethyl adjacent to an activating group) is 1. The highest BCUT2D eigenvalue weighted by molar-refractivity contribution is 14.0. The third-order valence-electron chi connectivity index (χ3n) is 4.32. The maximum atomic E-state index is 6.05. The largest absolute Gasteiger partial charge is 0.380 e. The smallest absolute Gasteiger partial charge is 0.193 e. The average molecular weight is 461 g/mol. The standard InChI is InChI=1S/C18H31N5O.HI/c1-15(13-23-10-8-22(2)9-11-23)12-20-18(19)21-17-7-5-4-6-16(17)14-24-3;/h4-7,15H,8-14H2,1-3H3,(H3,19,20,21);1H. The highest BCUT2D eigenvalue weighted by atomic mass is 127. The van der Waals surface area contributed by atoms with Crippen LogP contribution in [0, 0.1) is 5.92 Å². The molecule has 2 rings (SSSR count). The van der Waals surface area contributed by atoms with Crippen LogP contribution in [0.2, 0.25) is 0 Å². The second kappa shape index (κ2) is 11.7. The van der Waals surface area contributed by atoms with Crippen LogP contribution in [0.5, 0.6) is 0 Å². The molecule has 25 heavy (non-hydrogen) atoms. The molecule has 7 heteroatoms. The van der Waals surface area contributed by atoms with Gasteiger partial charge in [0.2, 0.25) is 0 Å². The number of nitrogens with one attached hydrogen (secondary N) is 1. The molecule has 1 atom stereocenters. The SMILES string of the molecule is COCc1ccccc1NC(N)=NCC(C)CN1CCN(C)CC1.I. The number of ether oxygens (including phenoxy) is 1. The Kier molecular flexibility index (Phi) is 10.3. The van der Waals surface area contributed by atoms with Gasteiger partial charge >= 0.3 is 0 Å². The minimum absolute atomic E-state index is 0. The van der Waals surface area contributed by atoms with Gasteiger partial charge in [0, 0.05) is 57.6 Å². The van der Waals surface area contributed by atoms with Crippen LogP contribution in [0.4, 0.5) is 5.69 Å². The zero-order valence-electron chi connectivity index (χ0n) is 15.6. The third kappa shape index (κ3) is 7.89. The van der Waals surface area contributed by atoms with Crippen molar-refractivity contribution in [3.05, 3.63) is 29.8 Å². The van der Waals surface area contributed by atoms with E-state index in [1.807, 2.05) is 24.3 Å². The fraction of sp³-hybridized carbons (Fsp3) is 0.611. The van der Waals surface area contributed by atoms with Crippen molar-refractivity contribution >= 4 is 35.6 Å². The number of para-hydroxylation sites is 1. The average Bonchev–Trinajstić information content (AvgIpc) is 2.57. The number of halogens is 1. The summed E-state index contributed by atoms with van der Waals surface area (Å²) in [5, 5.41) is 3.19. The van der Waals surface area contributed by atoms with E-state index in [0.29, 0.717) is 18.5 Å². The summed E-state index contributed by atoms with van der Waals surface area (Å²) in [5.74, 6) is 0.951. The maximum Gasteiger partial charge on any atom is 0.193 e. The number of benzene rings is 1. The second-order valence-corrected chi connectivity index (χ2v) is 6.65. The van der Waals surface area contributed by atoms with Gasteiger partial charge in [0.25, 0.3) is 0 Å². The minimum Gasteiger partial charge on any atom is -0.380 e. The molecule has 1 unspecified atom stereocenters. The molecule has 1 fully saturated rings. The van der Waals surface area contributed by atoms with Gasteiger partial charge in [-0.15, -0.1) is 24.0 Å². The summed E-state index contributed by atoms with van der Waals surface area (Å²) in [5.41, 5.74) is 8.07. The second-order valence-electron chi connectivity index (χ2n) is 6.65. The van der Waals surface area contributed by atoms with Crippen LogP contribution in [0.15, 0.2) is 29.3 Å². The van der Waals surface area contributed by atoms with Crippen LogP contribution in [0.1, 0.15) is 12.5 Å². The summed E-state index contributed by atoms with van der Waals surface area (Å²) in [4.78, 5) is 9.39. The van der Waals surface area contributed by atoms with E-state index in [-0.39, 0.29) is 24.0 Å². The van der Waals surface area contributed by atoms with E-state index in [4.69, 9.17) is 10.5 Å². The van der Waals surface area contributed by atoms with Crippen molar-refractivity contribution in [2.24, 2.45) is 16.6 Å². The monoisotopic (exact) mass is 461 g/mol. The number of guanidine groups is 1. The Morgan fingerprint density at radius 1 is 1.28 bits per heavy atom. The normalized spacial score (nSPS) is 17.8. The topological polar surface area (TPSA) is 66.1 Å². The molecule has 1 aromatic carbocycles. The molecule has 6 nitrogen and oxygen atoms in total. The third-order valence-corrected chi connectivity index (χ3v) is 4.32. The molecule has 3 N–H and O–H groups in total. The molecular weight excluding hydrogens is 429 g/mol. The van der Waals surface area contributed by atoms with E-state index in [1.165, 1.54) is 0 Å². The molecule has 0 saturated carbocycles. The Balaban J connectivity index is 0.00000312. The Morgan fingerprint density at radius 3 is 2.64 bits per heavy atom. The van der Waals surface area contributed by atoms with Gasteiger partial charge in [0.05, 0.1) is 6.61 Å². The van der Waals surface area contributed by atoms with Crippen LogP contribution >= 0.6 is 24.0 Å². The molecule has 1 aromatic rings. The fourth-order valence-electron chi connectivity index (χ4n) is 2.88. The van der Waals surface area contributed by atoms with Crippen molar-refractivity contribution in [1.29, 1.82) is 0 Å². The predicted molar refractivity (Wildman–Crippen MR) is 116 cm³/mol. The molecule has 1 aliphatic rings. The highest BCUT2D eigenvalue weighted by Crippen LogP contribution is 2.15. The van der Waals surface area contributed by atoms with E-state index in [0.717, 1.165) is 50.5 Å². The molecule has 0 bridgehead atoms. The van der Waals surface area contributed by atoms with Gasteiger partial charge in [-0.2, -0.15) is 0 Å². The van der Waals surface area contributed by atoms with E-state index in [1.54, 1.807) is 7.11 Å². The zero-order valence-corrected chi connectivity index (χ0v) is 17.9. The van der Waals surface area contributed by atoms with Crippen molar-refractivity contribution in [2.75, 3.05) is 58.7 Å². The molecule has 0 spiro atoms. The number of piperazine rings is 1. The molecule has 1 aliphatic heterocycles. The lowest BCUT2D eigenvalue weighted by molar-refractivity contribution is 0.140. The number of nitrogens with zero attached hydrogens (tertiary/aromatic N) is 3. The fourth-order valence-corrected chi connectivity index (χ4v) is 2.88. The number of hydrogen-bond donors (Lipinski definition) is 2. The number of anilines is 1. The van der Waals surface area contributed by atoms with Crippen LogP contribution in [-0.2, 0) is 11.3 Å². The van der Waals surface area contributed by atoms with Gasteiger partial charge in [0.1, 0.15) is 0 Å². The molecule has 142 valence electrons. The molecular formula is C18H32IN5O. The minimum atomic E-state index is 0. The summed E-state index contributed by atoms with van der Waals surface area (Å²) in [7, 11) is 3.87. The van der Waals surface area contributed by atoms with E-state index in [9.17, 15) is 0 Å². The van der Waals surface area contributed by atoms with Gasteiger partial charge < -0.3 is 25.6 Å². The Morgan fingerprint density at radius 2 is 1.96 bits per heavy atom. The molecule has 1 heterocycles. The first kappa shape index (κ1) is 22.1. The van der Waals surface area contributed by atoms with Crippen molar-refractivity contribution in [3.63, 3.8) is 0 Å². The summed E-state index contributed by atoms with van der Waals surface area (Å²) in [6.45, 7) is 9.17. The number of methoxy groups -OCH3 is 1. The summed E-state index contributed by atoms with van der Waals surface area (Å²) < 4.78 is 5.21. The van der Waals surface area contributed by atoms with Crippen LogP contribution in [0.25, 0.3) is 0 Å². The van der Waals surface area contributed by atoms with Crippen LogP contribution < -0.4 is 11.1 Å². The lowest BCUT2D eigenvalue weighted by atomic mass is 10.1.